The molecule has 0 spiro atoms. The molecule has 2 aliphatic heterocycles. The van der Waals surface area contributed by atoms with Gasteiger partial charge < -0.3 is 29.4 Å². The zero-order chi connectivity index (χ0) is 33.8. The molecule has 2 aromatic carbocycles. The third-order valence-electron chi connectivity index (χ3n) is 10.8. The molecular weight excluding hydrogens is 616 g/mol. The van der Waals surface area contributed by atoms with E-state index in [1.54, 1.807) is 17.8 Å². The minimum atomic E-state index is -1.20. The van der Waals surface area contributed by atoms with Crippen molar-refractivity contribution in [3.05, 3.63) is 88.6 Å². The van der Waals surface area contributed by atoms with Crippen LogP contribution in [0, 0.1) is 12.3 Å². The third-order valence-corrected chi connectivity index (χ3v) is 10.8. The first-order chi connectivity index (χ1) is 23.8. The molecule has 0 radical (unpaired) electrons. The number of fused-ring (bicyclic) bond motifs is 2. The third kappa shape index (κ3) is 5.71. The number of aryl methyl sites for hydroxylation is 1. The van der Waals surface area contributed by atoms with Gasteiger partial charge in [0.1, 0.15) is 11.1 Å². The van der Waals surface area contributed by atoms with Crippen molar-refractivity contribution in [3.63, 3.8) is 0 Å². The van der Waals surface area contributed by atoms with Crippen LogP contribution in [-0.2, 0) is 17.4 Å². The van der Waals surface area contributed by atoms with E-state index in [1.807, 2.05) is 54.7 Å². The second kappa shape index (κ2) is 12.4. The molecule has 8 rings (SSSR count). The van der Waals surface area contributed by atoms with E-state index in [9.17, 15) is 15.0 Å². The lowest BCUT2D eigenvalue weighted by atomic mass is 9.87. The summed E-state index contributed by atoms with van der Waals surface area (Å²) in [4.78, 5) is 31.1. The molecule has 0 amide bonds. The van der Waals surface area contributed by atoms with Crippen molar-refractivity contribution >= 4 is 27.8 Å². The summed E-state index contributed by atoms with van der Waals surface area (Å²) in [7, 11) is 1.76. The summed E-state index contributed by atoms with van der Waals surface area (Å²) < 4.78 is 8.43. The van der Waals surface area contributed by atoms with Crippen molar-refractivity contribution in [1.82, 2.24) is 24.4 Å². The molecule has 3 N–H and O–H groups in total. The standard InChI is InChI=1S/C39H42N6O4/c1-3-38(48)16-21-44(22-17-38)28-14-19-45(20-15-28)37-41-33-12-9-26(32-24-43(2)36(47)34-30(32)13-18-40-34)23-31(33)35(42-37)39(25-46,49-29-10-11-29)27-7-5-4-6-8-27/h1,4-9,12-13,18,23-24,28-29,40,46,48H,10-11,14-17,19-22,25H2,2H3/t39-/m0/s1. The van der Waals surface area contributed by atoms with Gasteiger partial charge >= 0.3 is 0 Å². The van der Waals surface area contributed by atoms with Crippen molar-refractivity contribution in [2.24, 2.45) is 7.05 Å². The van der Waals surface area contributed by atoms with Gasteiger partial charge in [0.25, 0.3) is 5.56 Å². The van der Waals surface area contributed by atoms with Gasteiger partial charge in [0.15, 0.2) is 5.60 Å². The van der Waals surface area contributed by atoms with Crippen LogP contribution in [0.15, 0.2) is 71.8 Å². The molecule has 0 bridgehead atoms. The number of aromatic amines is 1. The average molecular weight is 659 g/mol. The number of aromatic nitrogens is 4. The maximum atomic E-state index is 12.9. The molecule has 1 aliphatic carbocycles. The molecule has 5 heterocycles. The Morgan fingerprint density at radius 3 is 2.47 bits per heavy atom. The summed E-state index contributed by atoms with van der Waals surface area (Å²) in [5.41, 5.74) is 2.34. The zero-order valence-corrected chi connectivity index (χ0v) is 27.8. The first-order valence-electron chi connectivity index (χ1n) is 17.3. The number of likely N-dealkylation sites (tertiary alicyclic amines) is 1. The molecule has 10 heteroatoms. The van der Waals surface area contributed by atoms with Crippen LogP contribution in [0.4, 0.5) is 5.95 Å². The number of pyridine rings is 1. The molecule has 1 atom stereocenters. The number of H-pyrrole nitrogens is 1. The van der Waals surface area contributed by atoms with Crippen LogP contribution in [0.25, 0.3) is 32.9 Å². The van der Waals surface area contributed by atoms with E-state index in [-0.39, 0.29) is 18.3 Å². The number of aliphatic hydroxyl groups excluding tert-OH is 1. The second-order valence-electron chi connectivity index (χ2n) is 13.9. The van der Waals surface area contributed by atoms with Crippen LogP contribution in [-0.4, -0.2) is 85.2 Å². The van der Waals surface area contributed by atoms with Gasteiger partial charge in [-0.3, -0.25) is 9.69 Å². The van der Waals surface area contributed by atoms with Crippen LogP contribution in [0.2, 0.25) is 0 Å². The van der Waals surface area contributed by atoms with Gasteiger partial charge in [-0.25, -0.2) is 9.97 Å². The van der Waals surface area contributed by atoms with Gasteiger partial charge in [-0.05, 0) is 55.0 Å². The van der Waals surface area contributed by atoms with E-state index in [0.29, 0.717) is 36.0 Å². The van der Waals surface area contributed by atoms with Crippen molar-refractivity contribution in [2.75, 3.05) is 37.7 Å². The summed E-state index contributed by atoms with van der Waals surface area (Å²) in [5, 5.41) is 23.5. The number of nitrogens with zero attached hydrogens (tertiary/aromatic N) is 5. The minimum Gasteiger partial charge on any atom is -0.393 e. The fraction of sp³-hybridized carbons (Fsp3) is 0.410. The van der Waals surface area contributed by atoms with E-state index in [0.717, 1.165) is 84.8 Å². The topological polar surface area (TPSA) is 120 Å². The summed E-state index contributed by atoms with van der Waals surface area (Å²) in [6.45, 7) is 2.88. The van der Waals surface area contributed by atoms with Gasteiger partial charge in [0.05, 0.1) is 23.9 Å². The van der Waals surface area contributed by atoms with Crippen LogP contribution in [0.5, 0.6) is 0 Å². The first kappa shape index (κ1) is 31.7. The monoisotopic (exact) mass is 658 g/mol. The Balaban J connectivity index is 1.22. The fourth-order valence-corrected chi connectivity index (χ4v) is 7.71. The lowest BCUT2D eigenvalue weighted by Crippen LogP contribution is -2.51. The predicted octanol–water partition coefficient (Wildman–Crippen LogP) is 4.32. The molecule has 3 fully saturated rings. The van der Waals surface area contributed by atoms with Crippen LogP contribution in [0.1, 0.15) is 49.8 Å². The highest BCUT2D eigenvalue weighted by atomic mass is 16.5. The molecule has 3 aliphatic rings. The Hall–Kier alpha value is -4.53. The number of piperidine rings is 2. The number of hydrogen-bond acceptors (Lipinski definition) is 8. The molecule has 49 heavy (non-hydrogen) atoms. The Bertz CT molecular complexity index is 2100. The lowest BCUT2D eigenvalue weighted by Gasteiger charge is -2.43. The second-order valence-corrected chi connectivity index (χ2v) is 13.9. The number of aliphatic hydroxyl groups is 2. The number of hydrogen-bond donors (Lipinski definition) is 3. The van der Waals surface area contributed by atoms with Crippen molar-refractivity contribution in [3.8, 4) is 23.5 Å². The summed E-state index contributed by atoms with van der Waals surface area (Å²) in [5.74, 6) is 3.20. The lowest BCUT2D eigenvalue weighted by molar-refractivity contribution is -0.0672. The summed E-state index contributed by atoms with van der Waals surface area (Å²) >= 11 is 0. The highest BCUT2D eigenvalue weighted by molar-refractivity contribution is 5.97. The Kier molecular flexibility index (Phi) is 8.04. The van der Waals surface area contributed by atoms with Crippen molar-refractivity contribution in [1.29, 1.82) is 0 Å². The maximum absolute atomic E-state index is 12.9. The van der Waals surface area contributed by atoms with E-state index in [2.05, 4.69) is 26.8 Å². The quantitative estimate of drug-likeness (QED) is 0.211. The number of nitrogens with one attached hydrogen (secondary N) is 1. The first-order valence-corrected chi connectivity index (χ1v) is 17.3. The average Bonchev–Trinajstić information content (AvgIpc) is 3.83. The highest BCUT2D eigenvalue weighted by Gasteiger charge is 2.44. The Labute approximate surface area is 285 Å². The van der Waals surface area contributed by atoms with Crippen LogP contribution >= 0.6 is 0 Å². The van der Waals surface area contributed by atoms with Gasteiger partial charge in [-0.15, -0.1) is 6.42 Å². The summed E-state index contributed by atoms with van der Waals surface area (Å²) in [6, 6.07) is 18.4. The van der Waals surface area contributed by atoms with Crippen LogP contribution in [0.3, 0.4) is 0 Å². The molecule has 2 saturated heterocycles. The summed E-state index contributed by atoms with van der Waals surface area (Å²) in [6.07, 6.45) is 14.2. The van der Waals surface area contributed by atoms with Crippen molar-refractivity contribution < 1.29 is 14.9 Å². The van der Waals surface area contributed by atoms with E-state index < -0.39 is 11.2 Å². The number of rotatable bonds is 8. The minimum absolute atomic E-state index is 0.0274. The normalized spacial score (nSPS) is 20.0. The van der Waals surface area contributed by atoms with E-state index >= 15 is 0 Å². The molecule has 1 saturated carbocycles. The number of terminal acetylenes is 1. The fourth-order valence-electron chi connectivity index (χ4n) is 7.71. The SMILES string of the molecule is C#CC1(O)CCN(C2CCN(c3nc([C@@](CO)(OC4CC4)c4ccccc4)c4cc(-c5cn(C)c(=O)c6[nH]ccc56)ccc4n3)CC2)CC1. The highest BCUT2D eigenvalue weighted by Crippen LogP contribution is 2.43. The predicted molar refractivity (Wildman–Crippen MR) is 190 cm³/mol. The number of ether oxygens (including phenoxy) is 1. The van der Waals surface area contributed by atoms with Crippen LogP contribution < -0.4 is 10.5 Å². The Morgan fingerprint density at radius 1 is 1.02 bits per heavy atom. The van der Waals surface area contributed by atoms with Gasteiger partial charge in [0, 0.05) is 80.8 Å². The van der Waals surface area contributed by atoms with Gasteiger partial charge in [-0.2, -0.15) is 0 Å². The largest absolute Gasteiger partial charge is 0.393 e. The van der Waals surface area contributed by atoms with E-state index in [1.165, 1.54) is 0 Å². The molecule has 3 aromatic heterocycles. The molecule has 10 nitrogen and oxygen atoms in total. The van der Waals surface area contributed by atoms with E-state index in [4.69, 9.17) is 21.1 Å². The smallest absolute Gasteiger partial charge is 0.274 e. The zero-order valence-electron chi connectivity index (χ0n) is 27.8. The number of anilines is 1. The molecule has 252 valence electrons. The number of benzene rings is 2. The van der Waals surface area contributed by atoms with Gasteiger partial charge in [-0.1, -0.05) is 42.3 Å². The maximum Gasteiger partial charge on any atom is 0.274 e. The molecule has 5 aromatic rings. The van der Waals surface area contributed by atoms with Crippen molar-refractivity contribution in [2.45, 2.75) is 61.9 Å². The van der Waals surface area contributed by atoms with Gasteiger partial charge in [0.2, 0.25) is 5.95 Å². The molecular formula is C39H42N6O4. The Morgan fingerprint density at radius 2 is 1.78 bits per heavy atom. The molecule has 0 unspecified atom stereocenters.